The van der Waals surface area contributed by atoms with Crippen molar-refractivity contribution in [1.82, 2.24) is 4.98 Å². The van der Waals surface area contributed by atoms with Crippen LogP contribution in [0.25, 0.3) is 10.6 Å². The Hall–Kier alpha value is -2.06. The van der Waals surface area contributed by atoms with E-state index in [2.05, 4.69) is 24.9 Å². The summed E-state index contributed by atoms with van der Waals surface area (Å²) in [5, 5.41) is 10.1. The molecule has 2 heterocycles. The van der Waals surface area contributed by atoms with Gasteiger partial charge >= 0.3 is 0 Å². The monoisotopic (exact) mass is 285 g/mol. The number of nitrogen functional groups attached to an aromatic ring is 1. The van der Waals surface area contributed by atoms with Gasteiger partial charge < -0.3 is 10.5 Å². The normalized spacial score (nSPS) is 13.1. The highest BCUT2D eigenvalue weighted by Gasteiger charge is 2.25. The van der Waals surface area contributed by atoms with Gasteiger partial charge in [-0.1, -0.05) is 13.8 Å². The molecular weight excluding hydrogens is 270 g/mol. The van der Waals surface area contributed by atoms with Gasteiger partial charge in [-0.2, -0.15) is 5.26 Å². The van der Waals surface area contributed by atoms with Crippen LogP contribution in [0.1, 0.15) is 35.8 Å². The van der Waals surface area contributed by atoms with E-state index in [-0.39, 0.29) is 0 Å². The molecule has 1 aromatic heterocycles. The number of hydrogen-bond donors (Lipinski definition) is 1. The topological polar surface area (TPSA) is 71.9 Å². The van der Waals surface area contributed by atoms with E-state index in [1.54, 1.807) is 11.3 Å². The van der Waals surface area contributed by atoms with Crippen molar-refractivity contribution < 1.29 is 4.74 Å². The number of thiazole rings is 1. The summed E-state index contributed by atoms with van der Waals surface area (Å²) in [4.78, 5) is 5.71. The minimum Gasteiger partial charge on any atom is -0.492 e. The molecule has 5 heteroatoms. The Morgan fingerprint density at radius 1 is 1.50 bits per heavy atom. The van der Waals surface area contributed by atoms with Gasteiger partial charge in [-0.15, -0.1) is 11.3 Å². The number of nitriles is 1. The number of rotatable bonds is 2. The fourth-order valence-electron chi connectivity index (χ4n) is 2.37. The summed E-state index contributed by atoms with van der Waals surface area (Å²) in [6.45, 7) is 4.89. The lowest BCUT2D eigenvalue weighted by atomic mass is 10.0. The molecule has 2 N–H and O–H groups in total. The zero-order valence-corrected chi connectivity index (χ0v) is 12.3. The van der Waals surface area contributed by atoms with Gasteiger partial charge in [-0.3, -0.25) is 0 Å². The first-order valence-corrected chi connectivity index (χ1v) is 7.37. The summed E-state index contributed by atoms with van der Waals surface area (Å²) >= 11 is 1.65. The van der Waals surface area contributed by atoms with Gasteiger partial charge in [0.05, 0.1) is 23.4 Å². The lowest BCUT2D eigenvalue weighted by Crippen LogP contribution is -1.96. The average Bonchev–Trinajstić information content (AvgIpc) is 3.06. The summed E-state index contributed by atoms with van der Waals surface area (Å²) in [5.41, 5.74) is 8.89. The molecule has 20 heavy (non-hydrogen) atoms. The van der Waals surface area contributed by atoms with E-state index in [0.29, 0.717) is 23.8 Å². The molecule has 4 nitrogen and oxygen atoms in total. The molecule has 0 aliphatic carbocycles. The van der Waals surface area contributed by atoms with Crippen molar-refractivity contribution in [3.05, 3.63) is 28.3 Å². The van der Waals surface area contributed by atoms with Gasteiger partial charge in [0.1, 0.15) is 16.8 Å². The van der Waals surface area contributed by atoms with E-state index in [1.165, 1.54) is 4.88 Å². The van der Waals surface area contributed by atoms with E-state index in [9.17, 15) is 5.26 Å². The molecule has 0 saturated heterocycles. The van der Waals surface area contributed by atoms with Crippen molar-refractivity contribution in [2.75, 3.05) is 12.3 Å². The van der Waals surface area contributed by atoms with E-state index in [1.807, 2.05) is 12.3 Å². The van der Waals surface area contributed by atoms with E-state index < -0.39 is 0 Å². The first-order valence-electron chi connectivity index (χ1n) is 6.56. The van der Waals surface area contributed by atoms with E-state index >= 15 is 0 Å². The summed E-state index contributed by atoms with van der Waals surface area (Å²) in [6, 6.07) is 3.99. The maximum absolute atomic E-state index is 9.22. The first kappa shape index (κ1) is 12.9. The second-order valence-electron chi connectivity index (χ2n) is 5.13. The molecule has 0 spiro atoms. The smallest absolute Gasteiger partial charge is 0.134 e. The van der Waals surface area contributed by atoms with Crippen molar-refractivity contribution in [3.63, 3.8) is 0 Å². The van der Waals surface area contributed by atoms with E-state index in [4.69, 9.17) is 10.5 Å². The van der Waals surface area contributed by atoms with E-state index in [0.717, 1.165) is 28.3 Å². The van der Waals surface area contributed by atoms with Crippen LogP contribution in [0.3, 0.4) is 0 Å². The van der Waals surface area contributed by atoms with Crippen LogP contribution in [-0.4, -0.2) is 11.6 Å². The minimum absolute atomic E-state index is 0.450. The average molecular weight is 285 g/mol. The Balaban J connectivity index is 2.17. The Kier molecular flexibility index (Phi) is 3.11. The van der Waals surface area contributed by atoms with Crippen molar-refractivity contribution in [2.24, 2.45) is 0 Å². The Morgan fingerprint density at radius 2 is 2.30 bits per heavy atom. The standard InChI is InChI=1S/C15H15N3OS/c1-8(2)13-7-18-15(20-13)10-5-12(17)11(6-16)9-3-4-19-14(9)10/h5,7-8H,3-4,17H2,1-2H3. The maximum Gasteiger partial charge on any atom is 0.134 e. The predicted octanol–water partition coefficient (Wildman–Crippen LogP) is 3.32. The number of nitrogens with zero attached hydrogens (tertiary/aromatic N) is 2. The van der Waals surface area contributed by atoms with Crippen LogP contribution < -0.4 is 10.5 Å². The van der Waals surface area contributed by atoms with Crippen molar-refractivity contribution in [3.8, 4) is 22.4 Å². The first-order chi connectivity index (χ1) is 9.61. The minimum atomic E-state index is 0.450. The van der Waals surface area contributed by atoms with Crippen LogP contribution in [0.2, 0.25) is 0 Å². The van der Waals surface area contributed by atoms with Crippen LogP contribution in [0, 0.1) is 11.3 Å². The third-order valence-electron chi connectivity index (χ3n) is 3.44. The largest absolute Gasteiger partial charge is 0.492 e. The number of aromatic nitrogens is 1. The molecule has 0 saturated carbocycles. The predicted molar refractivity (Wildman–Crippen MR) is 80.0 cm³/mol. The fourth-order valence-corrected chi connectivity index (χ4v) is 3.30. The van der Waals surface area contributed by atoms with Gasteiger partial charge in [-0.25, -0.2) is 4.98 Å². The van der Waals surface area contributed by atoms with Crippen molar-refractivity contribution in [2.45, 2.75) is 26.2 Å². The Labute approximate surface area is 121 Å². The third-order valence-corrected chi connectivity index (χ3v) is 4.77. The van der Waals surface area contributed by atoms with Gasteiger partial charge in [0.2, 0.25) is 0 Å². The SMILES string of the molecule is CC(C)c1cnc(-c2cc(N)c(C#N)c3c2OCC3)s1. The Morgan fingerprint density at radius 3 is 2.95 bits per heavy atom. The van der Waals surface area contributed by atoms with Gasteiger partial charge in [0.25, 0.3) is 0 Å². The third kappa shape index (κ3) is 1.93. The number of anilines is 1. The van der Waals surface area contributed by atoms with Gasteiger partial charge in [0, 0.05) is 23.1 Å². The maximum atomic E-state index is 9.22. The lowest BCUT2D eigenvalue weighted by Gasteiger charge is -2.09. The van der Waals surface area contributed by atoms with Crippen molar-refractivity contribution >= 4 is 17.0 Å². The molecule has 2 aromatic rings. The number of hydrogen-bond acceptors (Lipinski definition) is 5. The number of nitrogens with two attached hydrogens (primary N) is 1. The molecule has 0 bridgehead atoms. The zero-order valence-electron chi connectivity index (χ0n) is 11.4. The molecule has 102 valence electrons. The molecule has 0 radical (unpaired) electrons. The summed E-state index contributed by atoms with van der Waals surface area (Å²) in [5.74, 6) is 1.23. The second-order valence-corrected chi connectivity index (χ2v) is 6.19. The summed E-state index contributed by atoms with van der Waals surface area (Å²) < 4.78 is 5.71. The van der Waals surface area contributed by atoms with Crippen LogP contribution >= 0.6 is 11.3 Å². The highest BCUT2D eigenvalue weighted by Crippen LogP contribution is 2.43. The highest BCUT2D eigenvalue weighted by atomic mass is 32.1. The molecule has 1 aliphatic rings. The molecule has 1 aromatic carbocycles. The molecular formula is C15H15N3OS. The molecule has 0 amide bonds. The molecule has 0 atom stereocenters. The fraction of sp³-hybridized carbons (Fsp3) is 0.333. The number of benzene rings is 1. The highest BCUT2D eigenvalue weighted by molar-refractivity contribution is 7.15. The molecule has 0 unspecified atom stereocenters. The van der Waals surface area contributed by atoms with Gasteiger partial charge in [-0.05, 0) is 12.0 Å². The van der Waals surface area contributed by atoms with Gasteiger partial charge in [0.15, 0.2) is 0 Å². The second kappa shape index (κ2) is 4.80. The van der Waals surface area contributed by atoms with Crippen LogP contribution in [0.15, 0.2) is 12.3 Å². The van der Waals surface area contributed by atoms with Crippen molar-refractivity contribution in [1.29, 1.82) is 5.26 Å². The molecule has 1 aliphatic heterocycles. The number of ether oxygens (including phenoxy) is 1. The quantitative estimate of drug-likeness (QED) is 0.859. The van der Waals surface area contributed by atoms with Crippen LogP contribution in [-0.2, 0) is 6.42 Å². The lowest BCUT2D eigenvalue weighted by molar-refractivity contribution is 0.358. The molecule has 0 fully saturated rings. The zero-order chi connectivity index (χ0) is 14.3. The Bertz CT molecular complexity index is 713. The van der Waals surface area contributed by atoms with Crippen LogP contribution in [0.5, 0.6) is 5.75 Å². The van der Waals surface area contributed by atoms with Crippen LogP contribution in [0.4, 0.5) is 5.69 Å². The summed E-state index contributed by atoms with van der Waals surface area (Å²) in [6.07, 6.45) is 2.64. The molecule has 3 rings (SSSR count). The summed E-state index contributed by atoms with van der Waals surface area (Å²) in [7, 11) is 0. The number of fused-ring (bicyclic) bond motifs is 1.